The van der Waals surface area contributed by atoms with Gasteiger partial charge in [-0.3, -0.25) is 4.98 Å². The highest BCUT2D eigenvalue weighted by atomic mass is 16.5. The first kappa shape index (κ1) is 14.6. The van der Waals surface area contributed by atoms with Gasteiger partial charge in [0, 0.05) is 25.7 Å². The minimum atomic E-state index is 0.372. The Kier molecular flexibility index (Phi) is 4.96. The monoisotopic (exact) mass is 289 g/mol. The molecule has 4 nitrogen and oxygen atoms in total. The van der Waals surface area contributed by atoms with Crippen molar-refractivity contribution in [2.24, 2.45) is 5.92 Å². The van der Waals surface area contributed by atoms with Crippen LogP contribution >= 0.6 is 0 Å². The lowest BCUT2D eigenvalue weighted by atomic mass is 9.89. The zero-order valence-electron chi connectivity index (χ0n) is 13.1. The van der Waals surface area contributed by atoms with E-state index in [-0.39, 0.29) is 0 Å². The SMILES string of the molecule is CC1CCCC(Oc2cncc(N3CCCNCC3)c2)C1. The van der Waals surface area contributed by atoms with E-state index in [1.807, 2.05) is 12.4 Å². The predicted octanol–water partition coefficient (Wildman–Crippen LogP) is 2.84. The molecule has 3 rings (SSSR count). The Hall–Kier alpha value is -1.29. The van der Waals surface area contributed by atoms with Crippen molar-refractivity contribution in [1.29, 1.82) is 0 Å². The van der Waals surface area contributed by atoms with Crippen molar-refractivity contribution >= 4 is 5.69 Å². The number of rotatable bonds is 3. The molecule has 1 aromatic heterocycles. The highest BCUT2D eigenvalue weighted by Crippen LogP contribution is 2.28. The molecule has 2 heterocycles. The molecular weight excluding hydrogens is 262 g/mol. The van der Waals surface area contributed by atoms with Crippen LogP contribution in [0, 0.1) is 5.92 Å². The van der Waals surface area contributed by atoms with Crippen LogP contribution in [0.5, 0.6) is 5.75 Å². The van der Waals surface area contributed by atoms with E-state index in [0.29, 0.717) is 6.10 Å². The maximum Gasteiger partial charge on any atom is 0.140 e. The number of anilines is 1. The summed E-state index contributed by atoms with van der Waals surface area (Å²) in [6, 6.07) is 2.16. The Morgan fingerprint density at radius 1 is 1.19 bits per heavy atom. The maximum atomic E-state index is 6.18. The summed E-state index contributed by atoms with van der Waals surface area (Å²) in [6.07, 6.45) is 10.4. The molecule has 4 heteroatoms. The third-order valence-corrected chi connectivity index (χ3v) is 4.59. The molecule has 21 heavy (non-hydrogen) atoms. The van der Waals surface area contributed by atoms with Crippen molar-refractivity contribution in [2.75, 3.05) is 31.1 Å². The van der Waals surface area contributed by atoms with Crippen molar-refractivity contribution < 1.29 is 4.74 Å². The molecule has 1 aliphatic carbocycles. The molecular formula is C17H27N3O. The largest absolute Gasteiger partial charge is 0.489 e. The highest BCUT2D eigenvalue weighted by molar-refractivity contribution is 5.48. The average molecular weight is 289 g/mol. The van der Waals surface area contributed by atoms with Gasteiger partial charge in [0.05, 0.1) is 24.2 Å². The number of hydrogen-bond donors (Lipinski definition) is 1. The molecule has 1 aliphatic heterocycles. The van der Waals surface area contributed by atoms with E-state index < -0.39 is 0 Å². The topological polar surface area (TPSA) is 37.4 Å². The van der Waals surface area contributed by atoms with Crippen molar-refractivity contribution in [3.05, 3.63) is 18.5 Å². The third-order valence-electron chi connectivity index (χ3n) is 4.59. The summed E-state index contributed by atoms with van der Waals surface area (Å²) in [5, 5.41) is 3.44. The molecule has 0 radical (unpaired) electrons. The second-order valence-electron chi connectivity index (χ2n) is 6.48. The van der Waals surface area contributed by atoms with Gasteiger partial charge in [0.1, 0.15) is 5.75 Å². The fourth-order valence-electron chi connectivity index (χ4n) is 3.43. The molecule has 1 saturated heterocycles. The standard InChI is InChI=1S/C17H27N3O/c1-14-4-2-5-16(10-14)21-17-11-15(12-19-13-17)20-8-3-6-18-7-9-20/h11-14,16,18H,2-10H2,1H3. The molecule has 2 aliphatic rings. The maximum absolute atomic E-state index is 6.18. The predicted molar refractivity (Wildman–Crippen MR) is 86.0 cm³/mol. The van der Waals surface area contributed by atoms with Gasteiger partial charge in [0.15, 0.2) is 0 Å². The van der Waals surface area contributed by atoms with Gasteiger partial charge in [-0.1, -0.05) is 13.3 Å². The minimum Gasteiger partial charge on any atom is -0.489 e. The van der Waals surface area contributed by atoms with E-state index >= 15 is 0 Å². The van der Waals surface area contributed by atoms with Crippen molar-refractivity contribution in [1.82, 2.24) is 10.3 Å². The van der Waals surface area contributed by atoms with Crippen LogP contribution in [-0.2, 0) is 0 Å². The molecule has 1 aromatic rings. The number of nitrogens with zero attached hydrogens (tertiary/aromatic N) is 2. The molecule has 0 aromatic carbocycles. The quantitative estimate of drug-likeness (QED) is 0.928. The molecule has 1 N–H and O–H groups in total. The number of nitrogens with one attached hydrogen (secondary N) is 1. The van der Waals surface area contributed by atoms with E-state index in [2.05, 4.69) is 28.2 Å². The van der Waals surface area contributed by atoms with Gasteiger partial charge >= 0.3 is 0 Å². The summed E-state index contributed by atoms with van der Waals surface area (Å²) < 4.78 is 6.18. The number of aromatic nitrogens is 1. The smallest absolute Gasteiger partial charge is 0.140 e. The number of ether oxygens (including phenoxy) is 1. The van der Waals surface area contributed by atoms with Gasteiger partial charge in [-0.15, -0.1) is 0 Å². The lowest BCUT2D eigenvalue weighted by molar-refractivity contribution is 0.129. The Morgan fingerprint density at radius 3 is 3.05 bits per heavy atom. The first-order chi connectivity index (χ1) is 10.3. The Balaban J connectivity index is 1.64. The lowest BCUT2D eigenvalue weighted by Crippen LogP contribution is -2.28. The van der Waals surface area contributed by atoms with Crippen LogP contribution in [0.3, 0.4) is 0 Å². The van der Waals surface area contributed by atoms with Crippen molar-refractivity contribution in [3.63, 3.8) is 0 Å². The van der Waals surface area contributed by atoms with Gasteiger partial charge in [-0.25, -0.2) is 0 Å². The van der Waals surface area contributed by atoms with Crippen LogP contribution in [0.25, 0.3) is 0 Å². The van der Waals surface area contributed by atoms with Crippen LogP contribution in [-0.4, -0.2) is 37.3 Å². The number of hydrogen-bond acceptors (Lipinski definition) is 4. The highest BCUT2D eigenvalue weighted by Gasteiger charge is 2.20. The van der Waals surface area contributed by atoms with Crippen molar-refractivity contribution in [2.45, 2.75) is 45.1 Å². The molecule has 0 amide bonds. The van der Waals surface area contributed by atoms with E-state index in [1.54, 1.807) is 0 Å². The zero-order valence-corrected chi connectivity index (χ0v) is 13.1. The van der Waals surface area contributed by atoms with Gasteiger partial charge in [-0.05, 0) is 38.1 Å². The average Bonchev–Trinajstić information content (AvgIpc) is 2.77. The first-order valence-electron chi connectivity index (χ1n) is 8.38. The molecule has 2 atom stereocenters. The van der Waals surface area contributed by atoms with Crippen LogP contribution in [0.15, 0.2) is 18.5 Å². The number of pyridine rings is 1. The molecule has 2 unspecified atom stereocenters. The lowest BCUT2D eigenvalue weighted by Gasteiger charge is -2.28. The van der Waals surface area contributed by atoms with Gasteiger partial charge < -0.3 is 15.0 Å². The molecule has 0 bridgehead atoms. The van der Waals surface area contributed by atoms with Gasteiger partial charge in [-0.2, -0.15) is 0 Å². The summed E-state index contributed by atoms with van der Waals surface area (Å²) in [5.41, 5.74) is 1.19. The van der Waals surface area contributed by atoms with Crippen LogP contribution in [0.2, 0.25) is 0 Å². The van der Waals surface area contributed by atoms with E-state index in [4.69, 9.17) is 4.74 Å². The van der Waals surface area contributed by atoms with Gasteiger partial charge in [0.2, 0.25) is 0 Å². The Morgan fingerprint density at radius 2 is 2.14 bits per heavy atom. The van der Waals surface area contributed by atoms with Crippen LogP contribution in [0.4, 0.5) is 5.69 Å². The van der Waals surface area contributed by atoms with E-state index in [9.17, 15) is 0 Å². The van der Waals surface area contributed by atoms with E-state index in [1.165, 1.54) is 37.8 Å². The Labute approximate surface area is 127 Å². The summed E-state index contributed by atoms with van der Waals surface area (Å²) in [4.78, 5) is 6.79. The fourth-order valence-corrected chi connectivity index (χ4v) is 3.43. The van der Waals surface area contributed by atoms with Gasteiger partial charge in [0.25, 0.3) is 0 Å². The second kappa shape index (κ2) is 7.12. The van der Waals surface area contributed by atoms with E-state index in [0.717, 1.165) is 37.8 Å². The summed E-state index contributed by atoms with van der Waals surface area (Å²) in [7, 11) is 0. The van der Waals surface area contributed by atoms with Crippen LogP contribution in [0.1, 0.15) is 39.0 Å². The second-order valence-corrected chi connectivity index (χ2v) is 6.48. The summed E-state index contributed by atoms with van der Waals surface area (Å²) in [5.74, 6) is 1.72. The first-order valence-corrected chi connectivity index (χ1v) is 8.38. The van der Waals surface area contributed by atoms with Crippen LogP contribution < -0.4 is 15.0 Å². The normalized spacial score (nSPS) is 27.2. The summed E-state index contributed by atoms with van der Waals surface area (Å²) >= 11 is 0. The zero-order chi connectivity index (χ0) is 14.5. The molecule has 1 saturated carbocycles. The molecule has 116 valence electrons. The Bertz CT molecular complexity index is 443. The molecule has 2 fully saturated rings. The minimum absolute atomic E-state index is 0.372. The third kappa shape index (κ3) is 4.10. The van der Waals surface area contributed by atoms with Crippen molar-refractivity contribution in [3.8, 4) is 5.75 Å². The summed E-state index contributed by atoms with van der Waals surface area (Å²) in [6.45, 7) is 6.63. The fraction of sp³-hybridized carbons (Fsp3) is 0.706. The molecule has 0 spiro atoms.